The molecular weight excluding hydrogens is 408 g/mol. The largest absolute Gasteiger partial charge is 0.473 e. The van der Waals surface area contributed by atoms with Crippen molar-refractivity contribution in [2.45, 2.75) is 51.3 Å². The van der Waals surface area contributed by atoms with Crippen molar-refractivity contribution in [1.29, 1.82) is 0 Å². The summed E-state index contributed by atoms with van der Waals surface area (Å²) >= 11 is 0. The van der Waals surface area contributed by atoms with Crippen LogP contribution in [-0.2, 0) is 22.7 Å². The fourth-order valence-corrected chi connectivity index (χ4v) is 4.18. The summed E-state index contributed by atoms with van der Waals surface area (Å²) in [5, 5.41) is 5.61. The lowest BCUT2D eigenvalue weighted by Crippen LogP contribution is -2.49. The minimum absolute atomic E-state index is 0.245. The fraction of sp³-hybridized carbons (Fsp3) is 0.417. The van der Waals surface area contributed by atoms with Crippen LogP contribution in [0.25, 0.3) is 0 Å². The van der Waals surface area contributed by atoms with Crippen LogP contribution < -0.4 is 15.4 Å². The first-order chi connectivity index (χ1) is 15.4. The van der Waals surface area contributed by atoms with E-state index >= 15 is 0 Å². The number of urea groups is 1. The van der Waals surface area contributed by atoms with Crippen LogP contribution in [0.4, 0.5) is 4.79 Å². The molecule has 0 radical (unpaired) electrons. The van der Waals surface area contributed by atoms with Crippen molar-refractivity contribution in [2.24, 2.45) is 5.92 Å². The standard InChI is InChI=1S/C24H28N4O4/c1-17-7-10-24(11-8-17)22(30)28(23(31)27-24)15-20(29)26-14-19-9-12-25-21(13-19)32-16-18-5-3-2-4-6-18/h2-6,9,12-13,17H,7-8,10-11,14-16H2,1H3,(H,26,29)(H,27,31). The van der Waals surface area contributed by atoms with Crippen LogP contribution >= 0.6 is 0 Å². The maximum absolute atomic E-state index is 12.9. The number of nitrogens with zero attached hydrogens (tertiary/aromatic N) is 2. The second-order valence-electron chi connectivity index (χ2n) is 8.64. The zero-order valence-corrected chi connectivity index (χ0v) is 18.2. The Hall–Kier alpha value is -3.42. The molecule has 4 rings (SSSR count). The van der Waals surface area contributed by atoms with E-state index in [9.17, 15) is 14.4 Å². The van der Waals surface area contributed by atoms with Crippen molar-refractivity contribution in [3.63, 3.8) is 0 Å². The maximum atomic E-state index is 12.9. The molecule has 32 heavy (non-hydrogen) atoms. The number of nitrogens with one attached hydrogen (secondary N) is 2. The molecule has 0 unspecified atom stereocenters. The van der Waals surface area contributed by atoms with Crippen molar-refractivity contribution < 1.29 is 19.1 Å². The van der Waals surface area contributed by atoms with Gasteiger partial charge in [0.05, 0.1) is 0 Å². The molecule has 2 aliphatic rings. The number of rotatable bonds is 7. The van der Waals surface area contributed by atoms with Gasteiger partial charge in [0.1, 0.15) is 18.7 Å². The van der Waals surface area contributed by atoms with Gasteiger partial charge in [-0.1, -0.05) is 37.3 Å². The summed E-state index contributed by atoms with van der Waals surface area (Å²) in [6, 6.07) is 12.8. The molecule has 1 aromatic carbocycles. The van der Waals surface area contributed by atoms with Crippen LogP contribution in [0.5, 0.6) is 5.88 Å². The molecule has 0 bridgehead atoms. The molecule has 0 atom stereocenters. The van der Waals surface area contributed by atoms with Gasteiger partial charge in [0.25, 0.3) is 5.91 Å². The molecule has 1 spiro atoms. The third-order valence-corrected chi connectivity index (χ3v) is 6.19. The summed E-state index contributed by atoms with van der Waals surface area (Å²) in [4.78, 5) is 42.9. The average Bonchev–Trinajstić information content (AvgIpc) is 3.03. The minimum atomic E-state index is -0.833. The van der Waals surface area contributed by atoms with Gasteiger partial charge in [0.2, 0.25) is 11.8 Å². The van der Waals surface area contributed by atoms with Crippen LogP contribution in [0.15, 0.2) is 48.7 Å². The number of carbonyl (C=O) groups excluding carboxylic acids is 3. The zero-order chi connectivity index (χ0) is 22.6. The van der Waals surface area contributed by atoms with Crippen molar-refractivity contribution in [2.75, 3.05) is 6.54 Å². The number of amides is 4. The quantitative estimate of drug-likeness (QED) is 0.650. The third kappa shape index (κ3) is 4.90. The summed E-state index contributed by atoms with van der Waals surface area (Å²) in [5.41, 5.74) is 1.01. The highest BCUT2D eigenvalue weighted by atomic mass is 16.5. The number of pyridine rings is 1. The maximum Gasteiger partial charge on any atom is 0.325 e. The summed E-state index contributed by atoms with van der Waals surface area (Å²) in [6.07, 6.45) is 4.65. The monoisotopic (exact) mass is 436 g/mol. The van der Waals surface area contributed by atoms with Crippen LogP contribution in [0, 0.1) is 5.92 Å². The first-order valence-electron chi connectivity index (χ1n) is 11.0. The molecular formula is C24H28N4O4. The van der Waals surface area contributed by atoms with Gasteiger partial charge in [-0.2, -0.15) is 0 Å². The molecule has 1 aliphatic carbocycles. The van der Waals surface area contributed by atoms with Crippen molar-refractivity contribution >= 4 is 17.8 Å². The number of imide groups is 1. The number of aromatic nitrogens is 1. The van der Waals surface area contributed by atoms with Gasteiger partial charge in [-0.3, -0.25) is 14.5 Å². The lowest BCUT2D eigenvalue weighted by molar-refractivity contribution is -0.136. The Bertz CT molecular complexity index is 987. The molecule has 1 saturated heterocycles. The smallest absolute Gasteiger partial charge is 0.325 e. The summed E-state index contributed by atoms with van der Waals surface area (Å²) in [5.74, 6) is 0.330. The predicted octanol–water partition coefficient (Wildman–Crippen LogP) is 2.78. The molecule has 8 nitrogen and oxygen atoms in total. The first-order valence-corrected chi connectivity index (χ1v) is 11.0. The summed E-state index contributed by atoms with van der Waals surface area (Å²) in [7, 11) is 0. The van der Waals surface area contributed by atoms with E-state index in [-0.39, 0.29) is 19.0 Å². The molecule has 2 aromatic rings. The van der Waals surface area contributed by atoms with Gasteiger partial charge < -0.3 is 15.4 Å². The molecule has 4 amide bonds. The number of ether oxygens (including phenoxy) is 1. The van der Waals surface area contributed by atoms with Gasteiger partial charge in [0.15, 0.2) is 0 Å². The van der Waals surface area contributed by atoms with E-state index in [1.54, 1.807) is 18.3 Å². The molecule has 1 saturated carbocycles. The van der Waals surface area contributed by atoms with Gasteiger partial charge in [-0.05, 0) is 48.8 Å². The van der Waals surface area contributed by atoms with E-state index in [4.69, 9.17) is 4.74 Å². The van der Waals surface area contributed by atoms with Gasteiger partial charge in [-0.15, -0.1) is 0 Å². The molecule has 168 valence electrons. The van der Waals surface area contributed by atoms with E-state index in [0.29, 0.717) is 31.2 Å². The molecule has 2 fully saturated rings. The predicted molar refractivity (Wildman–Crippen MR) is 117 cm³/mol. The third-order valence-electron chi connectivity index (χ3n) is 6.19. The Balaban J connectivity index is 1.28. The lowest BCUT2D eigenvalue weighted by Gasteiger charge is -2.33. The van der Waals surface area contributed by atoms with Crippen molar-refractivity contribution in [3.8, 4) is 5.88 Å². The highest BCUT2D eigenvalue weighted by Gasteiger charge is 2.52. The van der Waals surface area contributed by atoms with E-state index in [1.165, 1.54) is 0 Å². The Morgan fingerprint density at radius 1 is 1.19 bits per heavy atom. The van der Waals surface area contributed by atoms with Crippen LogP contribution in [0.2, 0.25) is 0 Å². The fourth-order valence-electron chi connectivity index (χ4n) is 4.18. The number of hydrogen-bond acceptors (Lipinski definition) is 5. The Labute approximate surface area is 187 Å². The van der Waals surface area contributed by atoms with E-state index < -0.39 is 17.5 Å². The SMILES string of the molecule is CC1CCC2(CC1)NC(=O)N(CC(=O)NCc1ccnc(OCc3ccccc3)c1)C2=O. The highest BCUT2D eigenvalue weighted by Crippen LogP contribution is 2.36. The van der Waals surface area contributed by atoms with Crippen molar-refractivity contribution in [3.05, 3.63) is 59.8 Å². The molecule has 1 aromatic heterocycles. The minimum Gasteiger partial charge on any atom is -0.473 e. The first kappa shape index (κ1) is 21.8. The Morgan fingerprint density at radius 2 is 1.94 bits per heavy atom. The van der Waals surface area contributed by atoms with Crippen molar-refractivity contribution in [1.82, 2.24) is 20.5 Å². The summed E-state index contributed by atoms with van der Waals surface area (Å²) in [6.45, 7) is 2.51. The van der Waals surface area contributed by atoms with E-state index in [2.05, 4.69) is 22.5 Å². The van der Waals surface area contributed by atoms with Crippen LogP contribution in [0.3, 0.4) is 0 Å². The Morgan fingerprint density at radius 3 is 2.69 bits per heavy atom. The number of carbonyl (C=O) groups is 3. The van der Waals surface area contributed by atoms with E-state index in [0.717, 1.165) is 28.9 Å². The normalized spacial score (nSPS) is 22.7. The number of benzene rings is 1. The average molecular weight is 437 g/mol. The van der Waals surface area contributed by atoms with Gasteiger partial charge in [-0.25, -0.2) is 9.78 Å². The molecule has 2 heterocycles. The summed E-state index contributed by atoms with van der Waals surface area (Å²) < 4.78 is 5.72. The zero-order valence-electron chi connectivity index (χ0n) is 18.2. The highest BCUT2D eigenvalue weighted by molar-refractivity contribution is 6.09. The van der Waals surface area contributed by atoms with Crippen LogP contribution in [-0.4, -0.2) is 39.8 Å². The van der Waals surface area contributed by atoms with E-state index in [1.807, 2.05) is 30.3 Å². The second kappa shape index (κ2) is 9.38. The van der Waals surface area contributed by atoms with Gasteiger partial charge >= 0.3 is 6.03 Å². The topological polar surface area (TPSA) is 101 Å². The second-order valence-corrected chi connectivity index (χ2v) is 8.64. The Kier molecular flexibility index (Phi) is 6.39. The molecule has 2 N–H and O–H groups in total. The van der Waals surface area contributed by atoms with Gasteiger partial charge in [0, 0.05) is 18.8 Å². The molecule has 1 aliphatic heterocycles. The van der Waals surface area contributed by atoms with Crippen LogP contribution in [0.1, 0.15) is 43.7 Å². The lowest BCUT2D eigenvalue weighted by atomic mass is 9.77. The molecule has 8 heteroatoms. The number of hydrogen-bond donors (Lipinski definition) is 2.